The highest BCUT2D eigenvalue weighted by Crippen LogP contribution is 2.19. The summed E-state index contributed by atoms with van der Waals surface area (Å²) in [5.41, 5.74) is 0.638. The number of hydrogen-bond donors (Lipinski definition) is 1. The number of ether oxygens (including phenoxy) is 1. The second kappa shape index (κ2) is 7.41. The standard InChI is InChI=1S/C16H23NO3/c1-13(19)15-6-2-3-7-16(15)20-10-9-17-8-4-5-14(11-17)12-18/h2-3,6-7,14,18H,4-5,8-12H2,1H3. The molecular formula is C16H23NO3. The molecule has 4 heteroatoms. The maximum atomic E-state index is 11.5. The molecule has 1 aromatic carbocycles. The van der Waals surface area contributed by atoms with Gasteiger partial charge in [-0.25, -0.2) is 0 Å². The molecule has 1 atom stereocenters. The summed E-state index contributed by atoms with van der Waals surface area (Å²) >= 11 is 0. The molecule has 20 heavy (non-hydrogen) atoms. The van der Waals surface area contributed by atoms with Crippen molar-refractivity contribution in [1.29, 1.82) is 0 Å². The third kappa shape index (κ3) is 4.05. The van der Waals surface area contributed by atoms with Crippen LogP contribution >= 0.6 is 0 Å². The van der Waals surface area contributed by atoms with Crippen molar-refractivity contribution in [3.05, 3.63) is 29.8 Å². The molecule has 0 bridgehead atoms. The average Bonchev–Trinajstić information content (AvgIpc) is 2.48. The SMILES string of the molecule is CC(=O)c1ccccc1OCCN1CCCC(CO)C1. The van der Waals surface area contributed by atoms with Gasteiger partial charge in [-0.2, -0.15) is 0 Å². The first-order valence-corrected chi connectivity index (χ1v) is 7.26. The second-order valence-electron chi connectivity index (χ2n) is 5.39. The number of carbonyl (C=O) groups is 1. The number of ketones is 1. The molecule has 4 nitrogen and oxygen atoms in total. The largest absolute Gasteiger partial charge is 0.491 e. The van der Waals surface area contributed by atoms with Gasteiger partial charge in [0, 0.05) is 19.7 Å². The van der Waals surface area contributed by atoms with Crippen molar-refractivity contribution in [1.82, 2.24) is 4.90 Å². The Kier molecular flexibility index (Phi) is 5.56. The van der Waals surface area contributed by atoms with E-state index in [4.69, 9.17) is 4.74 Å². The Morgan fingerprint density at radius 3 is 3.00 bits per heavy atom. The van der Waals surface area contributed by atoms with Crippen molar-refractivity contribution < 1.29 is 14.6 Å². The Morgan fingerprint density at radius 1 is 1.45 bits per heavy atom. The monoisotopic (exact) mass is 277 g/mol. The number of hydrogen-bond acceptors (Lipinski definition) is 4. The molecular weight excluding hydrogens is 254 g/mol. The van der Waals surface area contributed by atoms with E-state index in [1.54, 1.807) is 13.0 Å². The van der Waals surface area contributed by atoms with Crippen LogP contribution in [0.15, 0.2) is 24.3 Å². The number of piperidine rings is 1. The van der Waals surface area contributed by atoms with E-state index in [0.717, 1.165) is 32.5 Å². The van der Waals surface area contributed by atoms with Crippen molar-refractivity contribution in [2.24, 2.45) is 5.92 Å². The zero-order chi connectivity index (χ0) is 14.4. The van der Waals surface area contributed by atoms with Crippen LogP contribution in [0.25, 0.3) is 0 Å². The Balaban J connectivity index is 1.82. The molecule has 1 aromatic rings. The summed E-state index contributed by atoms with van der Waals surface area (Å²) in [5.74, 6) is 1.09. The molecule has 0 amide bonds. The number of nitrogens with zero attached hydrogens (tertiary/aromatic N) is 1. The highest BCUT2D eigenvalue weighted by atomic mass is 16.5. The van der Waals surface area contributed by atoms with Gasteiger partial charge in [-0.05, 0) is 44.4 Å². The Morgan fingerprint density at radius 2 is 2.25 bits per heavy atom. The Hall–Kier alpha value is -1.39. The van der Waals surface area contributed by atoms with Crippen molar-refractivity contribution in [3.63, 3.8) is 0 Å². The van der Waals surface area contributed by atoms with Crippen LogP contribution in [0.1, 0.15) is 30.1 Å². The minimum atomic E-state index is 0.0268. The van der Waals surface area contributed by atoms with Crippen LogP contribution in [0.5, 0.6) is 5.75 Å². The molecule has 1 aliphatic heterocycles. The van der Waals surface area contributed by atoms with Crippen LogP contribution in [-0.4, -0.2) is 48.6 Å². The molecule has 110 valence electrons. The number of carbonyl (C=O) groups excluding carboxylic acids is 1. The molecule has 1 fully saturated rings. The van der Waals surface area contributed by atoms with Gasteiger partial charge in [-0.15, -0.1) is 0 Å². The zero-order valence-corrected chi connectivity index (χ0v) is 12.0. The van der Waals surface area contributed by atoms with Crippen LogP contribution in [0.3, 0.4) is 0 Å². The number of Topliss-reactive ketones (excluding diaryl/α,β-unsaturated/α-hetero) is 1. The Labute approximate surface area is 120 Å². The van der Waals surface area contributed by atoms with Crippen LogP contribution < -0.4 is 4.74 Å². The lowest BCUT2D eigenvalue weighted by Crippen LogP contribution is -2.39. The van der Waals surface area contributed by atoms with Gasteiger partial charge < -0.3 is 9.84 Å². The van der Waals surface area contributed by atoms with Crippen molar-refractivity contribution in [2.75, 3.05) is 32.8 Å². The van der Waals surface area contributed by atoms with Crippen molar-refractivity contribution >= 4 is 5.78 Å². The maximum Gasteiger partial charge on any atom is 0.163 e. The van der Waals surface area contributed by atoms with E-state index < -0.39 is 0 Å². The minimum Gasteiger partial charge on any atom is -0.491 e. The molecule has 0 radical (unpaired) electrons. The third-order valence-corrected chi connectivity index (χ3v) is 3.79. The van der Waals surface area contributed by atoms with Gasteiger partial charge in [-0.3, -0.25) is 9.69 Å². The van der Waals surface area contributed by atoms with E-state index in [2.05, 4.69) is 4.90 Å². The summed E-state index contributed by atoms with van der Waals surface area (Å²) in [4.78, 5) is 13.8. The summed E-state index contributed by atoms with van der Waals surface area (Å²) in [6, 6.07) is 7.36. The van der Waals surface area contributed by atoms with Gasteiger partial charge in [0.25, 0.3) is 0 Å². The molecule has 1 unspecified atom stereocenters. The fourth-order valence-electron chi connectivity index (χ4n) is 2.67. The lowest BCUT2D eigenvalue weighted by molar-refractivity contribution is 0.0997. The Bertz CT molecular complexity index is 447. The average molecular weight is 277 g/mol. The van der Waals surface area contributed by atoms with Gasteiger partial charge in [0.15, 0.2) is 5.78 Å². The molecule has 1 aliphatic rings. The predicted molar refractivity (Wildman–Crippen MR) is 78.2 cm³/mol. The zero-order valence-electron chi connectivity index (χ0n) is 12.0. The summed E-state index contributed by atoms with van der Waals surface area (Å²) in [6.07, 6.45) is 2.25. The summed E-state index contributed by atoms with van der Waals surface area (Å²) in [5, 5.41) is 9.21. The molecule has 1 saturated heterocycles. The van der Waals surface area contributed by atoms with Gasteiger partial charge in [0.2, 0.25) is 0 Å². The van der Waals surface area contributed by atoms with Gasteiger partial charge in [0.05, 0.1) is 5.56 Å². The number of rotatable bonds is 6. The number of aliphatic hydroxyl groups excluding tert-OH is 1. The smallest absolute Gasteiger partial charge is 0.163 e. The van der Waals surface area contributed by atoms with E-state index in [0.29, 0.717) is 23.8 Å². The second-order valence-corrected chi connectivity index (χ2v) is 5.39. The highest BCUT2D eigenvalue weighted by molar-refractivity contribution is 5.96. The van der Waals surface area contributed by atoms with Gasteiger partial charge in [0.1, 0.15) is 12.4 Å². The number of aliphatic hydroxyl groups is 1. The van der Waals surface area contributed by atoms with Crippen LogP contribution in [0.2, 0.25) is 0 Å². The van der Waals surface area contributed by atoms with Gasteiger partial charge in [-0.1, -0.05) is 12.1 Å². The quantitative estimate of drug-likeness (QED) is 0.808. The van der Waals surface area contributed by atoms with E-state index in [1.165, 1.54) is 0 Å². The summed E-state index contributed by atoms with van der Waals surface area (Å²) < 4.78 is 5.75. The fourth-order valence-corrected chi connectivity index (χ4v) is 2.67. The number of likely N-dealkylation sites (tertiary alicyclic amines) is 1. The first kappa shape index (κ1) is 15.0. The predicted octanol–water partition coefficient (Wildman–Crippen LogP) is 1.97. The van der Waals surface area contributed by atoms with Crippen LogP contribution in [-0.2, 0) is 0 Å². The van der Waals surface area contributed by atoms with Gasteiger partial charge >= 0.3 is 0 Å². The molecule has 0 saturated carbocycles. The van der Waals surface area contributed by atoms with Crippen molar-refractivity contribution in [2.45, 2.75) is 19.8 Å². The van der Waals surface area contributed by atoms with E-state index >= 15 is 0 Å². The number of para-hydroxylation sites is 1. The van der Waals surface area contributed by atoms with Crippen molar-refractivity contribution in [3.8, 4) is 5.75 Å². The summed E-state index contributed by atoms with van der Waals surface area (Å²) in [6.45, 7) is 5.23. The first-order chi connectivity index (χ1) is 9.70. The van der Waals surface area contributed by atoms with E-state index in [1.807, 2.05) is 18.2 Å². The fraction of sp³-hybridized carbons (Fsp3) is 0.562. The van der Waals surface area contributed by atoms with Crippen LogP contribution in [0.4, 0.5) is 0 Å². The molecule has 0 aliphatic carbocycles. The minimum absolute atomic E-state index is 0.0268. The molecule has 2 rings (SSSR count). The normalized spacial score (nSPS) is 19.8. The molecule has 1 N–H and O–H groups in total. The first-order valence-electron chi connectivity index (χ1n) is 7.26. The van der Waals surface area contributed by atoms with Crippen LogP contribution in [0, 0.1) is 5.92 Å². The highest BCUT2D eigenvalue weighted by Gasteiger charge is 2.18. The maximum absolute atomic E-state index is 11.5. The van der Waals surface area contributed by atoms with E-state index in [9.17, 15) is 9.90 Å². The molecule has 0 spiro atoms. The summed E-state index contributed by atoms with van der Waals surface area (Å²) in [7, 11) is 0. The molecule has 0 aromatic heterocycles. The lowest BCUT2D eigenvalue weighted by atomic mass is 9.99. The third-order valence-electron chi connectivity index (χ3n) is 3.79. The lowest BCUT2D eigenvalue weighted by Gasteiger charge is -2.31. The molecule has 1 heterocycles. The topological polar surface area (TPSA) is 49.8 Å². The number of benzene rings is 1. The van der Waals surface area contributed by atoms with E-state index in [-0.39, 0.29) is 12.4 Å².